The number of benzene rings is 2. The maximum Gasteiger partial charge on any atom is 0.327 e. The van der Waals surface area contributed by atoms with Crippen molar-refractivity contribution >= 4 is 37.6 Å². The highest BCUT2D eigenvalue weighted by molar-refractivity contribution is 9.10. The molecule has 0 saturated heterocycles. The van der Waals surface area contributed by atoms with Crippen molar-refractivity contribution < 1.29 is 22.7 Å². The van der Waals surface area contributed by atoms with Gasteiger partial charge in [0.05, 0.1) is 11.9 Å². The van der Waals surface area contributed by atoms with E-state index < -0.39 is 27.9 Å². The van der Waals surface area contributed by atoms with Crippen LogP contribution in [0.25, 0.3) is 0 Å². The zero-order valence-corrected chi connectivity index (χ0v) is 15.1. The third-order valence-corrected chi connectivity index (χ3v) is 5.06. The minimum atomic E-state index is -3.88. The Morgan fingerprint density at radius 2 is 1.71 bits per heavy atom. The van der Waals surface area contributed by atoms with Crippen molar-refractivity contribution in [1.82, 2.24) is 0 Å². The summed E-state index contributed by atoms with van der Waals surface area (Å²) in [5.74, 6) is -1.82. The zero-order chi connectivity index (χ0) is 17.9. The van der Waals surface area contributed by atoms with Gasteiger partial charge in [-0.3, -0.25) is 4.31 Å². The molecule has 1 N–H and O–H groups in total. The van der Waals surface area contributed by atoms with Gasteiger partial charge in [-0.2, -0.15) is 0 Å². The van der Waals surface area contributed by atoms with E-state index in [1.807, 2.05) is 0 Å². The normalized spacial score (nSPS) is 12.6. The summed E-state index contributed by atoms with van der Waals surface area (Å²) in [6.45, 7) is 0. The standard InChI is InChI=1S/C16H15BrFNO4S/c1-24(22,23)19(14-8-6-13(18)7-9-14)15(16(20)21)10-11-2-4-12(17)5-3-11/h2-9,15H,10H2,1H3,(H,20,21)/t15-/m0/s1. The predicted octanol–water partition coefficient (Wildman–Crippen LogP) is 3.05. The molecule has 8 heteroatoms. The molecule has 0 spiro atoms. The van der Waals surface area contributed by atoms with Crippen molar-refractivity contribution in [2.75, 3.05) is 10.6 Å². The highest BCUT2D eigenvalue weighted by atomic mass is 79.9. The molecule has 5 nitrogen and oxygen atoms in total. The number of carbonyl (C=O) groups is 1. The fourth-order valence-electron chi connectivity index (χ4n) is 2.30. The van der Waals surface area contributed by atoms with Crippen molar-refractivity contribution in [2.45, 2.75) is 12.5 Å². The Labute approximate surface area is 147 Å². The Bertz CT molecular complexity index is 822. The van der Waals surface area contributed by atoms with Crippen LogP contribution in [0.1, 0.15) is 5.56 Å². The zero-order valence-electron chi connectivity index (χ0n) is 12.7. The lowest BCUT2D eigenvalue weighted by molar-refractivity contribution is -0.138. The first-order valence-electron chi connectivity index (χ1n) is 6.90. The van der Waals surface area contributed by atoms with E-state index in [1.54, 1.807) is 24.3 Å². The Morgan fingerprint density at radius 1 is 1.17 bits per heavy atom. The van der Waals surface area contributed by atoms with Gasteiger partial charge in [0.1, 0.15) is 11.9 Å². The summed E-state index contributed by atoms with van der Waals surface area (Å²) in [6, 6.07) is 10.2. The highest BCUT2D eigenvalue weighted by Crippen LogP contribution is 2.24. The first kappa shape index (κ1) is 18.4. The molecule has 0 amide bonds. The third kappa shape index (κ3) is 4.55. The summed E-state index contributed by atoms with van der Waals surface area (Å²) in [7, 11) is -3.88. The summed E-state index contributed by atoms with van der Waals surface area (Å²) < 4.78 is 39.1. The van der Waals surface area contributed by atoms with Gasteiger partial charge in [-0.25, -0.2) is 17.6 Å². The molecular weight excluding hydrogens is 401 g/mol. The van der Waals surface area contributed by atoms with Crippen LogP contribution in [0, 0.1) is 5.82 Å². The second-order valence-corrected chi connectivity index (χ2v) is 7.99. The lowest BCUT2D eigenvalue weighted by Gasteiger charge is -2.29. The molecule has 0 aliphatic heterocycles. The first-order chi connectivity index (χ1) is 11.2. The molecule has 2 aromatic carbocycles. The second kappa shape index (κ2) is 7.31. The molecule has 0 heterocycles. The van der Waals surface area contributed by atoms with E-state index in [0.717, 1.165) is 27.2 Å². The van der Waals surface area contributed by atoms with Gasteiger partial charge in [0, 0.05) is 10.9 Å². The largest absolute Gasteiger partial charge is 0.480 e. The first-order valence-corrected chi connectivity index (χ1v) is 9.55. The number of hydrogen-bond donors (Lipinski definition) is 1. The van der Waals surface area contributed by atoms with E-state index in [-0.39, 0.29) is 12.1 Å². The molecular formula is C16H15BrFNO4S. The van der Waals surface area contributed by atoms with Crippen molar-refractivity contribution in [3.63, 3.8) is 0 Å². The predicted molar refractivity (Wildman–Crippen MR) is 93.0 cm³/mol. The molecule has 128 valence electrons. The average molecular weight is 416 g/mol. The van der Waals surface area contributed by atoms with Gasteiger partial charge in [0.25, 0.3) is 0 Å². The molecule has 0 bridgehead atoms. The number of nitrogens with zero attached hydrogens (tertiary/aromatic N) is 1. The second-order valence-electron chi connectivity index (χ2n) is 5.22. The molecule has 0 aliphatic rings. The van der Waals surface area contributed by atoms with Gasteiger partial charge >= 0.3 is 5.97 Å². The molecule has 0 aliphatic carbocycles. The van der Waals surface area contributed by atoms with Crippen LogP contribution in [-0.2, 0) is 21.2 Å². The minimum Gasteiger partial charge on any atom is -0.480 e. The molecule has 0 saturated carbocycles. The Kier molecular flexibility index (Phi) is 5.61. The summed E-state index contributed by atoms with van der Waals surface area (Å²) in [5, 5.41) is 9.55. The average Bonchev–Trinajstić information content (AvgIpc) is 2.49. The van der Waals surface area contributed by atoms with Crippen molar-refractivity contribution in [3.8, 4) is 0 Å². The lowest BCUT2D eigenvalue weighted by atomic mass is 10.1. The Hall–Kier alpha value is -1.93. The van der Waals surface area contributed by atoms with E-state index in [0.29, 0.717) is 5.56 Å². The van der Waals surface area contributed by atoms with E-state index in [2.05, 4.69) is 15.9 Å². The molecule has 0 aromatic heterocycles. The number of rotatable bonds is 6. The van der Waals surface area contributed by atoms with E-state index >= 15 is 0 Å². The van der Waals surface area contributed by atoms with Gasteiger partial charge in [0.15, 0.2) is 0 Å². The maximum absolute atomic E-state index is 13.1. The van der Waals surface area contributed by atoms with Crippen LogP contribution in [0.5, 0.6) is 0 Å². The van der Waals surface area contributed by atoms with Crippen LogP contribution in [0.2, 0.25) is 0 Å². The van der Waals surface area contributed by atoms with Gasteiger partial charge in [-0.1, -0.05) is 28.1 Å². The summed E-state index contributed by atoms with van der Waals surface area (Å²) >= 11 is 3.29. The van der Waals surface area contributed by atoms with E-state index in [9.17, 15) is 22.7 Å². The molecule has 2 aromatic rings. The molecule has 1 atom stereocenters. The fraction of sp³-hybridized carbons (Fsp3) is 0.188. The molecule has 0 unspecified atom stereocenters. The highest BCUT2D eigenvalue weighted by Gasteiger charge is 2.32. The number of hydrogen-bond acceptors (Lipinski definition) is 3. The van der Waals surface area contributed by atoms with Crippen LogP contribution in [0.3, 0.4) is 0 Å². The number of sulfonamides is 1. The summed E-state index contributed by atoms with van der Waals surface area (Å²) in [6.07, 6.45) is 0.904. The van der Waals surface area contributed by atoms with Gasteiger partial charge in [-0.05, 0) is 42.0 Å². The maximum atomic E-state index is 13.1. The molecule has 2 rings (SSSR count). The van der Waals surface area contributed by atoms with E-state index in [4.69, 9.17) is 0 Å². The molecule has 0 fully saturated rings. The van der Waals surface area contributed by atoms with Crippen molar-refractivity contribution in [2.24, 2.45) is 0 Å². The number of anilines is 1. The Balaban J connectivity index is 2.45. The minimum absolute atomic E-state index is 0.0208. The summed E-state index contributed by atoms with van der Waals surface area (Å²) in [5.41, 5.74) is 0.768. The fourth-order valence-corrected chi connectivity index (χ4v) is 3.70. The quantitative estimate of drug-likeness (QED) is 0.786. The van der Waals surface area contributed by atoms with Crippen LogP contribution < -0.4 is 4.31 Å². The topological polar surface area (TPSA) is 74.7 Å². The van der Waals surface area contributed by atoms with Crippen LogP contribution in [-0.4, -0.2) is 31.8 Å². The van der Waals surface area contributed by atoms with Gasteiger partial charge in [0.2, 0.25) is 10.0 Å². The van der Waals surface area contributed by atoms with Gasteiger partial charge in [-0.15, -0.1) is 0 Å². The lowest BCUT2D eigenvalue weighted by Crippen LogP contribution is -2.46. The van der Waals surface area contributed by atoms with Crippen LogP contribution >= 0.6 is 15.9 Å². The van der Waals surface area contributed by atoms with E-state index in [1.165, 1.54) is 12.1 Å². The molecule has 0 radical (unpaired) electrons. The third-order valence-electron chi connectivity index (χ3n) is 3.35. The van der Waals surface area contributed by atoms with Crippen LogP contribution in [0.15, 0.2) is 53.0 Å². The van der Waals surface area contributed by atoms with Crippen molar-refractivity contribution in [3.05, 3.63) is 64.4 Å². The van der Waals surface area contributed by atoms with Gasteiger partial charge < -0.3 is 5.11 Å². The monoisotopic (exact) mass is 415 g/mol. The number of aliphatic carboxylic acids is 1. The number of carboxylic acid groups (broad SMARTS) is 1. The van der Waals surface area contributed by atoms with Crippen molar-refractivity contribution in [1.29, 1.82) is 0 Å². The number of carboxylic acids is 1. The summed E-state index contributed by atoms with van der Waals surface area (Å²) in [4.78, 5) is 11.7. The molecule has 24 heavy (non-hydrogen) atoms. The Morgan fingerprint density at radius 3 is 2.17 bits per heavy atom. The number of halogens is 2. The SMILES string of the molecule is CS(=O)(=O)N(c1ccc(F)cc1)[C@@H](Cc1ccc(Br)cc1)C(=O)O. The van der Waals surface area contributed by atoms with Crippen LogP contribution in [0.4, 0.5) is 10.1 Å². The smallest absolute Gasteiger partial charge is 0.327 e.